The number of carbonyl (C=O) groups is 2. The van der Waals surface area contributed by atoms with Crippen LogP contribution >= 0.6 is 0 Å². The number of likely N-dealkylation sites (N-methyl/N-ethyl adjacent to an activating group) is 1. The molecule has 2 fully saturated rings. The van der Waals surface area contributed by atoms with Crippen LogP contribution < -0.4 is 20.1 Å². The molecule has 0 bridgehead atoms. The molecule has 8 nitrogen and oxygen atoms in total. The van der Waals surface area contributed by atoms with Gasteiger partial charge in [-0.05, 0) is 83.0 Å². The summed E-state index contributed by atoms with van der Waals surface area (Å²) in [6.07, 6.45) is -1.48. The lowest BCUT2D eigenvalue weighted by Gasteiger charge is -2.45. The van der Waals surface area contributed by atoms with Crippen LogP contribution in [0.1, 0.15) is 45.1 Å². The van der Waals surface area contributed by atoms with Gasteiger partial charge in [-0.15, -0.1) is 0 Å². The fourth-order valence-corrected chi connectivity index (χ4v) is 5.54. The average molecular weight is 588 g/mol. The van der Waals surface area contributed by atoms with Gasteiger partial charge in [-0.25, -0.2) is 18.4 Å². The van der Waals surface area contributed by atoms with E-state index in [1.165, 1.54) is 11.6 Å². The summed E-state index contributed by atoms with van der Waals surface area (Å²) < 4.78 is 70.0. The van der Waals surface area contributed by atoms with E-state index in [-0.39, 0.29) is 23.2 Å². The first-order chi connectivity index (χ1) is 19.3. The van der Waals surface area contributed by atoms with Gasteiger partial charge in [-0.2, -0.15) is 13.2 Å². The number of ether oxygens (including phenoxy) is 2. The summed E-state index contributed by atoms with van der Waals surface area (Å²) in [6, 6.07) is 9.45. The molecule has 2 amide bonds. The third-order valence-electron chi connectivity index (χ3n) is 7.40. The highest BCUT2D eigenvalue weighted by molar-refractivity contribution is 5.89. The van der Waals surface area contributed by atoms with E-state index in [1.54, 1.807) is 0 Å². The molecule has 1 aliphatic carbocycles. The molecule has 13 heteroatoms. The van der Waals surface area contributed by atoms with Crippen molar-refractivity contribution in [1.82, 2.24) is 10.2 Å². The molecule has 226 valence electrons. The molecule has 1 saturated heterocycles. The minimum atomic E-state index is -5.08. The maximum Gasteiger partial charge on any atom is 0.490 e. The monoisotopic (exact) mass is 587 g/mol. The van der Waals surface area contributed by atoms with Crippen molar-refractivity contribution >= 4 is 17.7 Å². The Bertz CT molecular complexity index is 1230. The molecule has 1 saturated carbocycles. The molecule has 3 N–H and O–H groups in total. The first-order valence-corrected chi connectivity index (χ1v) is 13.2. The van der Waals surface area contributed by atoms with Gasteiger partial charge in [0.15, 0.2) is 23.1 Å². The fourth-order valence-electron chi connectivity index (χ4n) is 5.54. The molecule has 0 aromatic heterocycles. The summed E-state index contributed by atoms with van der Waals surface area (Å²) in [5.41, 5.74) is 1.45. The molecule has 2 aromatic carbocycles. The Labute approximate surface area is 234 Å². The zero-order valence-electron chi connectivity index (χ0n) is 23.0. The summed E-state index contributed by atoms with van der Waals surface area (Å²) in [5, 5.41) is 12.8. The van der Waals surface area contributed by atoms with Crippen molar-refractivity contribution in [2.45, 2.75) is 63.2 Å². The van der Waals surface area contributed by atoms with E-state index in [0.717, 1.165) is 55.9 Å². The molecule has 1 heterocycles. The fraction of sp³-hybridized carbons (Fsp3) is 0.500. The number of benzene rings is 2. The largest absolute Gasteiger partial charge is 0.490 e. The van der Waals surface area contributed by atoms with Gasteiger partial charge in [0.25, 0.3) is 0 Å². The van der Waals surface area contributed by atoms with Gasteiger partial charge in [0, 0.05) is 29.3 Å². The predicted molar refractivity (Wildman–Crippen MR) is 141 cm³/mol. The van der Waals surface area contributed by atoms with Crippen LogP contribution in [0.25, 0.3) is 0 Å². The van der Waals surface area contributed by atoms with Crippen molar-refractivity contribution < 1.29 is 46.1 Å². The number of halogens is 5. The molecule has 0 radical (unpaired) electrons. The van der Waals surface area contributed by atoms with E-state index in [0.29, 0.717) is 13.2 Å². The molecule has 4 rings (SSSR count). The van der Waals surface area contributed by atoms with Crippen LogP contribution in [0.15, 0.2) is 36.4 Å². The van der Waals surface area contributed by atoms with Crippen LogP contribution in [0.2, 0.25) is 0 Å². The number of aliphatic carboxylic acids is 1. The molecular weight excluding hydrogens is 553 g/mol. The number of alkyl halides is 3. The third kappa shape index (κ3) is 7.78. The Balaban J connectivity index is 0.000000587. The number of carbonyl (C=O) groups excluding carboxylic acids is 1. The Kier molecular flexibility index (Phi) is 10.4. The molecule has 0 spiro atoms. The van der Waals surface area contributed by atoms with Crippen molar-refractivity contribution in [3.8, 4) is 11.5 Å². The number of urea groups is 1. The summed E-state index contributed by atoms with van der Waals surface area (Å²) in [4.78, 5) is 23.8. The van der Waals surface area contributed by atoms with Gasteiger partial charge in [0.05, 0.1) is 13.2 Å². The number of amides is 2. The van der Waals surface area contributed by atoms with E-state index in [9.17, 15) is 26.7 Å². The van der Waals surface area contributed by atoms with E-state index in [1.807, 2.05) is 19.9 Å². The highest BCUT2D eigenvalue weighted by atomic mass is 19.4. The van der Waals surface area contributed by atoms with Crippen molar-refractivity contribution in [3.05, 3.63) is 53.6 Å². The number of hydrogen-bond donors (Lipinski definition) is 3. The summed E-state index contributed by atoms with van der Waals surface area (Å²) in [5.74, 6) is -3.16. The number of anilines is 1. The van der Waals surface area contributed by atoms with Crippen molar-refractivity contribution in [1.29, 1.82) is 0 Å². The SMILES string of the molecule is CCOc1ccc(C23CCC(NC(=O)Nc4ccc(F)c(F)c4)CC2N(C)CC3)cc1OCC.O=C(O)C(F)(F)F. The summed E-state index contributed by atoms with van der Waals surface area (Å²) in [7, 11) is 2.13. The molecule has 41 heavy (non-hydrogen) atoms. The highest BCUT2D eigenvalue weighted by Crippen LogP contribution is 2.50. The molecular formula is C28H34F5N3O5. The predicted octanol–water partition coefficient (Wildman–Crippen LogP) is 5.71. The van der Waals surface area contributed by atoms with Crippen LogP contribution in [0.3, 0.4) is 0 Å². The third-order valence-corrected chi connectivity index (χ3v) is 7.40. The van der Waals surface area contributed by atoms with Crippen molar-refractivity contribution in [3.63, 3.8) is 0 Å². The van der Waals surface area contributed by atoms with E-state index >= 15 is 0 Å². The zero-order chi connectivity index (χ0) is 30.4. The zero-order valence-corrected chi connectivity index (χ0v) is 23.0. The minimum Gasteiger partial charge on any atom is -0.490 e. The quantitative estimate of drug-likeness (QED) is 0.359. The minimum absolute atomic E-state index is 0.0138. The van der Waals surface area contributed by atoms with Gasteiger partial charge in [-0.3, -0.25) is 0 Å². The number of hydrogen-bond acceptors (Lipinski definition) is 5. The number of carboxylic acid groups (broad SMARTS) is 1. The number of fused-ring (bicyclic) bond motifs is 1. The Hall–Kier alpha value is -3.61. The van der Waals surface area contributed by atoms with Crippen molar-refractivity contribution in [2.75, 3.05) is 32.1 Å². The summed E-state index contributed by atoms with van der Waals surface area (Å²) in [6.45, 7) is 6.06. The molecule has 1 aliphatic heterocycles. The maximum atomic E-state index is 13.5. The lowest BCUT2D eigenvalue weighted by atomic mass is 9.65. The van der Waals surface area contributed by atoms with Gasteiger partial charge >= 0.3 is 18.2 Å². The van der Waals surface area contributed by atoms with Crippen LogP contribution in [0.5, 0.6) is 11.5 Å². The van der Waals surface area contributed by atoms with E-state index in [2.05, 4.69) is 34.7 Å². The Morgan fingerprint density at radius 3 is 2.29 bits per heavy atom. The smallest absolute Gasteiger partial charge is 0.490 e. The van der Waals surface area contributed by atoms with E-state index < -0.39 is 29.8 Å². The van der Waals surface area contributed by atoms with E-state index in [4.69, 9.17) is 19.4 Å². The highest BCUT2D eigenvalue weighted by Gasteiger charge is 2.50. The molecule has 3 atom stereocenters. The molecule has 2 aromatic rings. The van der Waals surface area contributed by atoms with Gasteiger partial charge in [0.2, 0.25) is 0 Å². The lowest BCUT2D eigenvalue weighted by molar-refractivity contribution is -0.192. The van der Waals surface area contributed by atoms with Crippen LogP contribution in [0, 0.1) is 11.6 Å². The Morgan fingerprint density at radius 2 is 1.68 bits per heavy atom. The average Bonchev–Trinajstić information content (AvgIpc) is 3.24. The van der Waals surface area contributed by atoms with Gasteiger partial charge in [0.1, 0.15) is 0 Å². The number of likely N-dealkylation sites (tertiary alicyclic amines) is 1. The molecule has 2 aliphatic rings. The first-order valence-electron chi connectivity index (χ1n) is 13.2. The van der Waals surface area contributed by atoms with Gasteiger partial charge < -0.3 is 30.1 Å². The number of nitrogens with one attached hydrogen (secondary N) is 2. The van der Waals surface area contributed by atoms with Gasteiger partial charge in [-0.1, -0.05) is 6.07 Å². The normalized spacial score (nSPS) is 22.1. The number of nitrogens with zero attached hydrogens (tertiary/aromatic N) is 1. The first kappa shape index (κ1) is 31.9. The lowest BCUT2D eigenvalue weighted by Crippen LogP contribution is -2.52. The summed E-state index contributed by atoms with van der Waals surface area (Å²) >= 11 is 0. The second-order valence-corrected chi connectivity index (χ2v) is 9.93. The number of rotatable bonds is 7. The van der Waals surface area contributed by atoms with Crippen molar-refractivity contribution in [2.24, 2.45) is 0 Å². The van der Waals surface area contributed by atoms with Crippen LogP contribution in [-0.2, 0) is 10.2 Å². The van der Waals surface area contributed by atoms with Crippen LogP contribution in [-0.4, -0.2) is 67.1 Å². The maximum absolute atomic E-state index is 13.5. The van der Waals surface area contributed by atoms with Crippen LogP contribution in [0.4, 0.5) is 32.4 Å². The molecule has 3 unspecified atom stereocenters. The Morgan fingerprint density at radius 1 is 1.02 bits per heavy atom. The second kappa shape index (κ2) is 13.4. The standard InChI is InChI=1S/C26H33F2N3O3.C2HF3O2/c1-4-33-22-9-6-17(14-23(22)34-5-2)26-11-10-19(16-24(26)31(3)13-12-26)30-25(32)29-18-7-8-20(27)21(28)15-18;3-2(4,5)1(6)7/h6-9,14-15,19,24H,4-5,10-13,16H2,1-3H3,(H2,29,30,32);(H,6,7). The topological polar surface area (TPSA) is 100 Å². The second-order valence-electron chi connectivity index (χ2n) is 9.93. The number of carboxylic acids is 1.